The molecule has 2 aromatic rings. The third-order valence-electron chi connectivity index (χ3n) is 3.70. The lowest BCUT2D eigenvalue weighted by Crippen LogP contribution is -2.22. The molecule has 0 fully saturated rings. The number of ketones is 1. The van der Waals surface area contributed by atoms with Gasteiger partial charge in [-0.25, -0.2) is 0 Å². The van der Waals surface area contributed by atoms with Gasteiger partial charge in [0.2, 0.25) is 5.75 Å². The Hall–Kier alpha value is -2.54. The molecule has 0 radical (unpaired) electrons. The molecule has 0 saturated carbocycles. The molecule has 0 aliphatic carbocycles. The van der Waals surface area contributed by atoms with E-state index in [9.17, 15) is 9.59 Å². The van der Waals surface area contributed by atoms with Crippen LogP contribution in [0.15, 0.2) is 16.9 Å². The van der Waals surface area contributed by atoms with Crippen LogP contribution in [0.2, 0.25) is 0 Å². The Labute approximate surface area is 155 Å². The van der Waals surface area contributed by atoms with Gasteiger partial charge < -0.3 is 19.2 Å². The van der Waals surface area contributed by atoms with E-state index < -0.39 is 5.41 Å². The van der Waals surface area contributed by atoms with Crippen molar-refractivity contribution in [1.82, 2.24) is 4.98 Å². The summed E-state index contributed by atoms with van der Waals surface area (Å²) in [6, 6.07) is 3.52. The topological polar surface area (TPSA) is 77.6 Å². The van der Waals surface area contributed by atoms with Gasteiger partial charge in [0.1, 0.15) is 0 Å². The highest BCUT2D eigenvalue weighted by molar-refractivity contribution is 7.07. The fourth-order valence-corrected chi connectivity index (χ4v) is 3.12. The first-order valence-electron chi connectivity index (χ1n) is 7.97. The molecule has 0 atom stereocenters. The summed E-state index contributed by atoms with van der Waals surface area (Å²) in [5.41, 5.74) is -0.0943. The Morgan fingerprint density at radius 1 is 1.08 bits per heavy atom. The number of carbonyl (C=O) groups is 1. The van der Waals surface area contributed by atoms with E-state index in [-0.39, 0.29) is 11.3 Å². The van der Waals surface area contributed by atoms with Crippen molar-refractivity contribution in [2.24, 2.45) is 5.41 Å². The third-order valence-corrected chi connectivity index (χ3v) is 4.67. The van der Waals surface area contributed by atoms with Gasteiger partial charge >= 0.3 is 0 Å². The van der Waals surface area contributed by atoms with Gasteiger partial charge in [-0.3, -0.25) is 9.59 Å². The van der Waals surface area contributed by atoms with Crippen molar-refractivity contribution in [2.45, 2.75) is 20.8 Å². The van der Waals surface area contributed by atoms with Crippen LogP contribution in [0.1, 0.15) is 26.3 Å². The van der Waals surface area contributed by atoms with Crippen LogP contribution >= 0.6 is 11.3 Å². The zero-order valence-electron chi connectivity index (χ0n) is 15.8. The summed E-state index contributed by atoms with van der Waals surface area (Å²) < 4.78 is 17.0. The van der Waals surface area contributed by atoms with Crippen molar-refractivity contribution in [1.29, 1.82) is 0 Å². The monoisotopic (exact) mass is 377 g/mol. The first-order valence-corrected chi connectivity index (χ1v) is 8.79. The van der Waals surface area contributed by atoms with Gasteiger partial charge in [-0.15, -0.1) is 11.3 Å². The maximum absolute atomic E-state index is 12.2. The highest BCUT2D eigenvalue weighted by atomic mass is 32.1. The van der Waals surface area contributed by atoms with E-state index in [0.29, 0.717) is 32.0 Å². The molecule has 2 rings (SSSR count). The molecule has 0 unspecified atom stereocenters. The van der Waals surface area contributed by atoms with Gasteiger partial charge in [0.25, 0.3) is 5.56 Å². The van der Waals surface area contributed by atoms with E-state index in [0.717, 1.165) is 0 Å². The van der Waals surface area contributed by atoms with E-state index in [2.05, 4.69) is 4.98 Å². The van der Waals surface area contributed by atoms with Crippen molar-refractivity contribution in [3.63, 3.8) is 0 Å². The summed E-state index contributed by atoms with van der Waals surface area (Å²) in [7, 11) is 4.58. The minimum atomic E-state index is -0.503. The molecule has 6 nitrogen and oxygen atoms in total. The van der Waals surface area contributed by atoms with Crippen molar-refractivity contribution in [3.8, 4) is 17.2 Å². The van der Waals surface area contributed by atoms with Crippen LogP contribution in [0.5, 0.6) is 17.2 Å². The summed E-state index contributed by atoms with van der Waals surface area (Å²) >= 11 is 1.21. The largest absolute Gasteiger partial charge is 0.493 e. The molecule has 7 heteroatoms. The first kappa shape index (κ1) is 19.8. The number of Topliss-reactive ketones (excluding diaryl/α,β-unsaturated/α-hetero) is 1. The second kappa shape index (κ2) is 7.78. The average Bonchev–Trinajstić information content (AvgIpc) is 2.92. The van der Waals surface area contributed by atoms with Crippen molar-refractivity contribution >= 4 is 29.3 Å². The minimum absolute atomic E-state index is 0.0507. The lowest BCUT2D eigenvalue weighted by molar-refractivity contribution is -0.119. The smallest absolute Gasteiger partial charge is 0.266 e. The van der Waals surface area contributed by atoms with E-state index in [1.807, 2.05) is 20.8 Å². The molecule has 0 aliphatic rings. The quantitative estimate of drug-likeness (QED) is 0.858. The summed E-state index contributed by atoms with van der Waals surface area (Å²) in [5.74, 6) is 1.40. The van der Waals surface area contributed by atoms with Crippen molar-refractivity contribution in [2.75, 3.05) is 21.3 Å². The highest BCUT2D eigenvalue weighted by Gasteiger charge is 2.19. The minimum Gasteiger partial charge on any atom is -0.493 e. The lowest BCUT2D eigenvalue weighted by atomic mass is 9.91. The highest BCUT2D eigenvalue weighted by Crippen LogP contribution is 2.39. The maximum atomic E-state index is 12.2. The number of aromatic nitrogens is 1. The fourth-order valence-electron chi connectivity index (χ4n) is 2.24. The zero-order chi connectivity index (χ0) is 19.5. The maximum Gasteiger partial charge on any atom is 0.266 e. The molecule has 1 heterocycles. The van der Waals surface area contributed by atoms with Gasteiger partial charge in [0.15, 0.2) is 17.3 Å². The van der Waals surface area contributed by atoms with E-state index >= 15 is 0 Å². The molecule has 0 bridgehead atoms. The van der Waals surface area contributed by atoms with Gasteiger partial charge in [-0.05, 0) is 18.2 Å². The number of ether oxygens (including phenoxy) is 3. The number of methoxy groups -OCH3 is 3. The normalized spacial score (nSPS) is 13.0. The van der Waals surface area contributed by atoms with Crippen LogP contribution < -0.4 is 29.0 Å². The second-order valence-corrected chi connectivity index (χ2v) is 7.69. The van der Waals surface area contributed by atoms with Crippen LogP contribution in [0.3, 0.4) is 0 Å². The number of benzene rings is 1. The second-order valence-electron chi connectivity index (χ2n) is 6.61. The third kappa shape index (κ3) is 4.16. The Balaban J connectivity index is 2.61. The van der Waals surface area contributed by atoms with E-state index in [1.54, 1.807) is 25.3 Å². The van der Waals surface area contributed by atoms with E-state index in [4.69, 9.17) is 14.2 Å². The lowest BCUT2D eigenvalue weighted by Gasteiger charge is -2.13. The average molecular weight is 377 g/mol. The van der Waals surface area contributed by atoms with E-state index in [1.165, 1.54) is 31.6 Å². The zero-order valence-corrected chi connectivity index (χ0v) is 16.6. The summed E-state index contributed by atoms with van der Waals surface area (Å²) in [6.07, 6.45) is 3.17. The Bertz CT molecular complexity index is 979. The number of H-pyrrole nitrogens is 1. The van der Waals surface area contributed by atoms with Crippen LogP contribution in [0.25, 0.3) is 12.2 Å². The van der Waals surface area contributed by atoms with Crippen LogP contribution in [0.4, 0.5) is 0 Å². The molecular formula is C19H23NO5S. The van der Waals surface area contributed by atoms with Gasteiger partial charge in [-0.2, -0.15) is 0 Å². The predicted molar refractivity (Wildman–Crippen MR) is 103 cm³/mol. The van der Waals surface area contributed by atoms with Crippen LogP contribution in [-0.4, -0.2) is 32.1 Å². The Kier molecular flexibility index (Phi) is 5.92. The van der Waals surface area contributed by atoms with Gasteiger partial charge in [0.05, 0.1) is 30.5 Å². The molecular weight excluding hydrogens is 354 g/mol. The number of thiazole rings is 1. The van der Waals surface area contributed by atoms with Crippen LogP contribution in [-0.2, 0) is 4.79 Å². The molecule has 140 valence electrons. The summed E-state index contributed by atoms with van der Waals surface area (Å²) in [6.45, 7) is 5.50. The number of hydrogen-bond donors (Lipinski definition) is 1. The number of nitrogens with one attached hydrogen (secondary N) is 1. The Morgan fingerprint density at radius 3 is 2.27 bits per heavy atom. The molecule has 0 aliphatic heterocycles. The standard InChI is InChI=1S/C19H23NO5S/c1-19(2,3)14(21)10-15-20-18(22)13(26-15)9-11-7-8-12(23-4)17(25-6)16(11)24-5/h7-10H,1-6H3,(H,20,22)/b13-9-,15-10-. The number of rotatable bonds is 5. The SMILES string of the molecule is COc1ccc(/C=c2\s/c(=C\C(=O)C(C)(C)C)[nH]c2=O)c(OC)c1OC. The summed E-state index contributed by atoms with van der Waals surface area (Å²) in [5, 5.41) is 0. The first-order chi connectivity index (χ1) is 12.2. The molecule has 1 aromatic carbocycles. The van der Waals surface area contributed by atoms with Crippen molar-refractivity contribution in [3.05, 3.63) is 37.2 Å². The number of carbonyl (C=O) groups excluding carboxylic acids is 1. The Morgan fingerprint density at radius 2 is 1.73 bits per heavy atom. The number of aromatic amines is 1. The number of hydrogen-bond acceptors (Lipinski definition) is 6. The molecule has 1 aromatic heterocycles. The molecule has 0 spiro atoms. The molecule has 26 heavy (non-hydrogen) atoms. The molecule has 0 saturated heterocycles. The van der Waals surface area contributed by atoms with Gasteiger partial charge in [-0.1, -0.05) is 20.8 Å². The molecule has 1 N–H and O–H groups in total. The van der Waals surface area contributed by atoms with Crippen LogP contribution in [0, 0.1) is 5.41 Å². The fraction of sp³-hybridized carbons (Fsp3) is 0.368. The van der Waals surface area contributed by atoms with Gasteiger partial charge in [0, 0.05) is 17.1 Å². The predicted octanol–water partition coefficient (Wildman–Crippen LogP) is 1.69. The van der Waals surface area contributed by atoms with Crippen molar-refractivity contribution < 1.29 is 19.0 Å². The molecule has 0 amide bonds. The summed E-state index contributed by atoms with van der Waals surface area (Å²) in [4.78, 5) is 27.1.